The van der Waals surface area contributed by atoms with E-state index in [-0.39, 0.29) is 18.9 Å². The number of anilines is 1. The molecule has 2 aromatic carbocycles. The van der Waals surface area contributed by atoms with Crippen molar-refractivity contribution in [1.29, 1.82) is 0 Å². The average Bonchev–Trinajstić information content (AvgIpc) is 3.50. The number of nitrogens with zero attached hydrogens (tertiary/aromatic N) is 3. The van der Waals surface area contributed by atoms with Crippen molar-refractivity contribution < 1.29 is 14.3 Å². The number of methoxy groups -OCH3 is 1. The van der Waals surface area contributed by atoms with Crippen LogP contribution in [0.4, 0.5) is 5.69 Å². The van der Waals surface area contributed by atoms with Crippen LogP contribution in [0.3, 0.4) is 0 Å². The molecule has 8 heteroatoms. The van der Waals surface area contributed by atoms with E-state index in [9.17, 15) is 9.59 Å². The first-order valence-electron chi connectivity index (χ1n) is 10.0. The second-order valence-electron chi connectivity index (χ2n) is 7.01. The minimum absolute atomic E-state index is 0.0367. The largest absolute Gasteiger partial charge is 0.497 e. The number of aromatic nitrogens is 2. The lowest BCUT2D eigenvalue weighted by molar-refractivity contribution is -0.117. The molecule has 0 spiro atoms. The molecule has 0 bridgehead atoms. The first kappa shape index (κ1) is 21.3. The van der Waals surface area contributed by atoms with Crippen LogP contribution >= 0.6 is 11.3 Å². The van der Waals surface area contributed by atoms with Gasteiger partial charge in [0.2, 0.25) is 5.91 Å². The summed E-state index contributed by atoms with van der Waals surface area (Å²) in [4.78, 5) is 27.8. The molecule has 7 nitrogen and oxygen atoms in total. The van der Waals surface area contributed by atoms with E-state index >= 15 is 0 Å². The molecule has 0 atom stereocenters. The lowest BCUT2D eigenvalue weighted by Crippen LogP contribution is -2.35. The quantitative estimate of drug-likeness (QED) is 0.441. The van der Waals surface area contributed by atoms with E-state index in [1.54, 1.807) is 58.4 Å². The lowest BCUT2D eigenvalue weighted by Gasteiger charge is -2.23. The van der Waals surface area contributed by atoms with Gasteiger partial charge in [0.1, 0.15) is 17.1 Å². The molecule has 0 radical (unpaired) electrons. The molecule has 2 N–H and O–H groups in total. The number of hydrogen-bond donors (Lipinski definition) is 1. The van der Waals surface area contributed by atoms with Crippen molar-refractivity contribution in [3.63, 3.8) is 0 Å². The summed E-state index contributed by atoms with van der Waals surface area (Å²) in [6.45, 7) is 0.148. The molecule has 0 aliphatic rings. The number of ether oxygens (including phenoxy) is 1. The number of thiophene rings is 1. The number of benzene rings is 2. The van der Waals surface area contributed by atoms with Gasteiger partial charge in [-0.25, -0.2) is 4.68 Å². The molecule has 4 aromatic rings. The molecule has 0 saturated heterocycles. The van der Waals surface area contributed by atoms with E-state index in [2.05, 4.69) is 0 Å². The minimum atomic E-state index is -0.479. The van der Waals surface area contributed by atoms with Crippen molar-refractivity contribution in [2.24, 2.45) is 5.73 Å². The Labute approximate surface area is 189 Å². The molecule has 2 aromatic heterocycles. The predicted octanol–water partition coefficient (Wildman–Crippen LogP) is 4.13. The van der Waals surface area contributed by atoms with E-state index in [0.717, 1.165) is 10.6 Å². The van der Waals surface area contributed by atoms with Crippen LogP contribution in [0.5, 0.6) is 5.75 Å². The van der Waals surface area contributed by atoms with Gasteiger partial charge >= 0.3 is 0 Å². The van der Waals surface area contributed by atoms with Crippen molar-refractivity contribution in [3.05, 3.63) is 83.9 Å². The summed E-state index contributed by atoms with van der Waals surface area (Å²) in [5.41, 5.74) is 7.88. The molecule has 0 saturated carbocycles. The first-order chi connectivity index (χ1) is 15.6. The van der Waals surface area contributed by atoms with Crippen LogP contribution < -0.4 is 15.4 Å². The van der Waals surface area contributed by atoms with E-state index < -0.39 is 5.91 Å². The highest BCUT2D eigenvalue weighted by molar-refractivity contribution is 7.13. The Balaban J connectivity index is 1.79. The van der Waals surface area contributed by atoms with Crippen molar-refractivity contribution in [1.82, 2.24) is 9.78 Å². The van der Waals surface area contributed by atoms with Gasteiger partial charge in [-0.2, -0.15) is 5.10 Å². The third-order valence-electron chi connectivity index (χ3n) is 4.91. The van der Waals surface area contributed by atoms with Crippen LogP contribution in [0.1, 0.15) is 16.9 Å². The van der Waals surface area contributed by atoms with Crippen LogP contribution in [-0.2, 0) is 4.79 Å². The Morgan fingerprint density at radius 1 is 1.06 bits per heavy atom. The van der Waals surface area contributed by atoms with E-state index in [0.29, 0.717) is 22.8 Å². The SMILES string of the molecule is COc1ccc(N(CCC(N)=O)C(=O)c2cc(-c3cccs3)nn2-c2ccccc2)cc1. The second kappa shape index (κ2) is 9.49. The summed E-state index contributed by atoms with van der Waals surface area (Å²) in [5, 5.41) is 6.68. The predicted molar refractivity (Wildman–Crippen MR) is 125 cm³/mol. The highest BCUT2D eigenvalue weighted by Gasteiger charge is 2.25. The summed E-state index contributed by atoms with van der Waals surface area (Å²) in [7, 11) is 1.58. The normalized spacial score (nSPS) is 10.7. The van der Waals surface area contributed by atoms with Crippen LogP contribution in [0.15, 0.2) is 78.2 Å². The van der Waals surface area contributed by atoms with E-state index in [4.69, 9.17) is 15.6 Å². The summed E-state index contributed by atoms with van der Waals surface area (Å²) in [6, 6.07) is 22.3. The number of nitrogens with two attached hydrogens (primary N) is 1. The first-order valence-corrected chi connectivity index (χ1v) is 10.9. The van der Waals surface area contributed by atoms with Gasteiger partial charge in [-0.15, -0.1) is 11.3 Å². The minimum Gasteiger partial charge on any atom is -0.497 e. The highest BCUT2D eigenvalue weighted by Crippen LogP contribution is 2.28. The number of carbonyl (C=O) groups excluding carboxylic acids is 2. The molecule has 32 heavy (non-hydrogen) atoms. The van der Waals surface area contributed by atoms with Crippen LogP contribution in [0.2, 0.25) is 0 Å². The van der Waals surface area contributed by atoms with Gasteiger partial charge in [0.25, 0.3) is 5.91 Å². The van der Waals surface area contributed by atoms with Crippen molar-refractivity contribution >= 4 is 28.8 Å². The number of amides is 2. The molecular formula is C24H22N4O3S. The van der Waals surface area contributed by atoms with Gasteiger partial charge in [0.05, 0.1) is 17.7 Å². The molecule has 0 aliphatic carbocycles. The van der Waals surface area contributed by atoms with Crippen molar-refractivity contribution in [3.8, 4) is 22.0 Å². The van der Waals surface area contributed by atoms with Crippen molar-refractivity contribution in [2.45, 2.75) is 6.42 Å². The Kier molecular flexibility index (Phi) is 6.32. The van der Waals surface area contributed by atoms with Crippen LogP contribution in [0.25, 0.3) is 16.3 Å². The fourth-order valence-electron chi connectivity index (χ4n) is 3.31. The number of carbonyl (C=O) groups is 2. The molecule has 0 aliphatic heterocycles. The maximum absolute atomic E-state index is 13.8. The van der Waals surface area contributed by atoms with Crippen LogP contribution in [0, 0.1) is 0 Å². The summed E-state index contributed by atoms with van der Waals surface area (Å²) in [6.07, 6.45) is 0.0367. The fourth-order valence-corrected chi connectivity index (χ4v) is 4.00. The highest BCUT2D eigenvalue weighted by atomic mass is 32.1. The molecule has 4 rings (SSSR count). The number of hydrogen-bond acceptors (Lipinski definition) is 5. The van der Waals surface area contributed by atoms with Gasteiger partial charge < -0.3 is 15.4 Å². The molecule has 0 fully saturated rings. The third kappa shape index (κ3) is 4.55. The van der Waals surface area contributed by atoms with Gasteiger partial charge in [0.15, 0.2) is 0 Å². The molecule has 2 amide bonds. The zero-order valence-electron chi connectivity index (χ0n) is 17.5. The second-order valence-corrected chi connectivity index (χ2v) is 7.96. The molecular weight excluding hydrogens is 424 g/mol. The number of rotatable bonds is 8. The Morgan fingerprint density at radius 3 is 2.44 bits per heavy atom. The Hall–Kier alpha value is -3.91. The standard InChI is InChI=1S/C24H22N4O3S/c1-31-19-11-9-17(10-12-19)27(14-13-23(25)29)24(30)21-16-20(22-8-5-15-32-22)26-28(21)18-6-3-2-4-7-18/h2-12,15-16H,13-14H2,1H3,(H2,25,29). The summed E-state index contributed by atoms with van der Waals surface area (Å²) in [5.74, 6) is -0.0897. The zero-order valence-corrected chi connectivity index (χ0v) is 18.3. The molecule has 0 unspecified atom stereocenters. The zero-order chi connectivity index (χ0) is 22.5. The Morgan fingerprint density at radius 2 is 1.81 bits per heavy atom. The maximum atomic E-state index is 13.8. The van der Waals surface area contributed by atoms with Gasteiger partial charge in [-0.05, 0) is 53.9 Å². The topological polar surface area (TPSA) is 90.4 Å². The van der Waals surface area contributed by atoms with Gasteiger partial charge in [0, 0.05) is 18.7 Å². The van der Waals surface area contributed by atoms with E-state index in [1.807, 2.05) is 47.8 Å². The fraction of sp³-hybridized carbons (Fsp3) is 0.125. The van der Waals surface area contributed by atoms with Gasteiger partial charge in [-0.1, -0.05) is 24.3 Å². The van der Waals surface area contributed by atoms with Gasteiger partial charge in [-0.3, -0.25) is 9.59 Å². The summed E-state index contributed by atoms with van der Waals surface area (Å²) >= 11 is 1.55. The smallest absolute Gasteiger partial charge is 0.277 e. The summed E-state index contributed by atoms with van der Waals surface area (Å²) < 4.78 is 6.86. The molecule has 162 valence electrons. The Bertz CT molecular complexity index is 1200. The van der Waals surface area contributed by atoms with Crippen LogP contribution in [-0.4, -0.2) is 35.2 Å². The number of primary amides is 1. The van der Waals surface area contributed by atoms with E-state index in [1.165, 1.54) is 0 Å². The lowest BCUT2D eigenvalue weighted by atomic mass is 10.2. The van der Waals surface area contributed by atoms with Crippen molar-refractivity contribution in [2.75, 3.05) is 18.6 Å². The number of para-hydroxylation sites is 1. The maximum Gasteiger partial charge on any atom is 0.277 e. The average molecular weight is 447 g/mol. The third-order valence-corrected chi connectivity index (χ3v) is 5.81. The molecule has 2 heterocycles. The monoisotopic (exact) mass is 446 g/mol.